The standard InChI is InChI=1S/C19H25N/c1-15(2)14-16(3)20-19(17-10-6-4-7-11-17)18-12-8-5-9-13-18/h4-13,15-16,19-20H,14H2,1-3H3. The Labute approximate surface area is 123 Å². The lowest BCUT2D eigenvalue weighted by Gasteiger charge is -2.25. The summed E-state index contributed by atoms with van der Waals surface area (Å²) in [7, 11) is 0. The fraction of sp³-hybridized carbons (Fsp3) is 0.368. The van der Waals surface area contributed by atoms with E-state index in [9.17, 15) is 0 Å². The predicted octanol–water partition coefficient (Wildman–Crippen LogP) is 4.80. The summed E-state index contributed by atoms with van der Waals surface area (Å²) in [5, 5.41) is 3.78. The maximum atomic E-state index is 3.78. The Morgan fingerprint density at radius 1 is 0.750 bits per heavy atom. The lowest BCUT2D eigenvalue weighted by molar-refractivity contribution is 0.417. The molecule has 2 rings (SSSR count). The van der Waals surface area contributed by atoms with Crippen LogP contribution in [-0.2, 0) is 0 Å². The lowest BCUT2D eigenvalue weighted by atomic mass is 9.96. The van der Waals surface area contributed by atoms with Crippen LogP contribution >= 0.6 is 0 Å². The number of nitrogens with one attached hydrogen (secondary N) is 1. The first-order valence-electron chi connectivity index (χ1n) is 7.52. The van der Waals surface area contributed by atoms with Gasteiger partial charge in [-0.05, 0) is 30.4 Å². The molecule has 0 fully saturated rings. The molecule has 0 amide bonds. The molecule has 1 atom stereocenters. The predicted molar refractivity (Wildman–Crippen MR) is 86.8 cm³/mol. The molecule has 0 saturated carbocycles. The van der Waals surface area contributed by atoms with E-state index < -0.39 is 0 Å². The quantitative estimate of drug-likeness (QED) is 0.792. The molecule has 0 spiro atoms. The van der Waals surface area contributed by atoms with E-state index in [1.165, 1.54) is 17.5 Å². The number of hydrogen-bond donors (Lipinski definition) is 1. The average Bonchev–Trinajstić information content (AvgIpc) is 2.46. The molecular weight excluding hydrogens is 242 g/mol. The highest BCUT2D eigenvalue weighted by Gasteiger charge is 2.16. The Morgan fingerprint density at radius 3 is 1.60 bits per heavy atom. The van der Waals surface area contributed by atoms with Gasteiger partial charge in [0.2, 0.25) is 0 Å². The van der Waals surface area contributed by atoms with E-state index in [-0.39, 0.29) is 6.04 Å². The van der Waals surface area contributed by atoms with Crippen LogP contribution in [0.4, 0.5) is 0 Å². The van der Waals surface area contributed by atoms with Crippen LogP contribution in [0, 0.1) is 5.92 Å². The minimum absolute atomic E-state index is 0.270. The van der Waals surface area contributed by atoms with Gasteiger partial charge < -0.3 is 5.32 Å². The van der Waals surface area contributed by atoms with Crippen LogP contribution in [0.25, 0.3) is 0 Å². The van der Waals surface area contributed by atoms with Gasteiger partial charge in [0.25, 0.3) is 0 Å². The summed E-state index contributed by atoms with van der Waals surface area (Å²) in [5.74, 6) is 0.713. The zero-order valence-corrected chi connectivity index (χ0v) is 12.7. The second kappa shape index (κ2) is 7.25. The Balaban J connectivity index is 2.21. The van der Waals surface area contributed by atoms with E-state index in [0.717, 1.165) is 0 Å². The third-order valence-electron chi connectivity index (χ3n) is 3.54. The largest absolute Gasteiger partial charge is 0.304 e. The molecule has 1 heteroatoms. The molecule has 0 saturated heterocycles. The van der Waals surface area contributed by atoms with Crippen LogP contribution in [0.15, 0.2) is 60.7 Å². The zero-order chi connectivity index (χ0) is 14.4. The van der Waals surface area contributed by atoms with Crippen LogP contribution in [0.5, 0.6) is 0 Å². The fourth-order valence-electron chi connectivity index (χ4n) is 2.74. The van der Waals surface area contributed by atoms with Gasteiger partial charge in [0.15, 0.2) is 0 Å². The third kappa shape index (κ3) is 4.21. The molecule has 1 N–H and O–H groups in total. The highest BCUT2D eigenvalue weighted by Crippen LogP contribution is 2.23. The molecule has 0 aliphatic carbocycles. The van der Waals surface area contributed by atoms with Crippen molar-refractivity contribution in [1.82, 2.24) is 5.32 Å². The molecule has 1 unspecified atom stereocenters. The lowest BCUT2D eigenvalue weighted by Crippen LogP contribution is -2.32. The van der Waals surface area contributed by atoms with Gasteiger partial charge in [0.1, 0.15) is 0 Å². The average molecular weight is 267 g/mol. The van der Waals surface area contributed by atoms with Crippen LogP contribution in [-0.4, -0.2) is 6.04 Å². The molecule has 0 bridgehead atoms. The summed E-state index contributed by atoms with van der Waals surface area (Å²) in [6.45, 7) is 6.83. The third-order valence-corrected chi connectivity index (χ3v) is 3.54. The van der Waals surface area contributed by atoms with Crippen LogP contribution in [0.3, 0.4) is 0 Å². The Morgan fingerprint density at radius 2 is 1.20 bits per heavy atom. The van der Waals surface area contributed by atoms with E-state index >= 15 is 0 Å². The first-order chi connectivity index (χ1) is 9.66. The van der Waals surface area contributed by atoms with Gasteiger partial charge in [-0.15, -0.1) is 0 Å². The van der Waals surface area contributed by atoms with Gasteiger partial charge in [-0.2, -0.15) is 0 Å². The van der Waals surface area contributed by atoms with Crippen molar-refractivity contribution >= 4 is 0 Å². The van der Waals surface area contributed by atoms with Crippen molar-refractivity contribution in [3.8, 4) is 0 Å². The first kappa shape index (κ1) is 14.8. The second-order valence-electron chi connectivity index (χ2n) is 5.95. The van der Waals surface area contributed by atoms with Crippen molar-refractivity contribution < 1.29 is 0 Å². The van der Waals surface area contributed by atoms with Crippen molar-refractivity contribution in [3.63, 3.8) is 0 Å². The molecule has 0 radical (unpaired) electrons. The normalized spacial score (nSPS) is 12.8. The molecular formula is C19H25N. The fourth-order valence-corrected chi connectivity index (χ4v) is 2.74. The Hall–Kier alpha value is -1.60. The van der Waals surface area contributed by atoms with E-state index in [1.54, 1.807) is 0 Å². The molecule has 106 valence electrons. The highest BCUT2D eigenvalue weighted by atomic mass is 14.9. The summed E-state index contributed by atoms with van der Waals surface area (Å²) < 4.78 is 0. The molecule has 2 aromatic carbocycles. The van der Waals surface area contributed by atoms with Crippen molar-refractivity contribution in [2.75, 3.05) is 0 Å². The van der Waals surface area contributed by atoms with Gasteiger partial charge in [-0.1, -0.05) is 74.5 Å². The molecule has 0 heterocycles. The van der Waals surface area contributed by atoms with Gasteiger partial charge in [0, 0.05) is 6.04 Å². The topological polar surface area (TPSA) is 12.0 Å². The first-order valence-corrected chi connectivity index (χ1v) is 7.52. The molecule has 1 nitrogen and oxygen atoms in total. The Bertz CT molecular complexity index is 450. The maximum absolute atomic E-state index is 3.78. The minimum Gasteiger partial charge on any atom is -0.304 e. The van der Waals surface area contributed by atoms with Crippen LogP contribution in [0.2, 0.25) is 0 Å². The number of benzene rings is 2. The van der Waals surface area contributed by atoms with Crippen molar-refractivity contribution in [3.05, 3.63) is 71.8 Å². The van der Waals surface area contributed by atoms with Gasteiger partial charge in [-0.25, -0.2) is 0 Å². The van der Waals surface area contributed by atoms with Crippen LogP contribution in [0.1, 0.15) is 44.4 Å². The molecule has 0 aromatic heterocycles. The minimum atomic E-state index is 0.270. The van der Waals surface area contributed by atoms with E-state index in [0.29, 0.717) is 12.0 Å². The zero-order valence-electron chi connectivity index (χ0n) is 12.7. The summed E-state index contributed by atoms with van der Waals surface area (Å²) >= 11 is 0. The van der Waals surface area contributed by atoms with Crippen LogP contribution < -0.4 is 5.32 Å². The molecule has 2 aromatic rings. The Kier molecular flexibility index (Phi) is 5.37. The summed E-state index contributed by atoms with van der Waals surface area (Å²) in [5.41, 5.74) is 2.66. The number of hydrogen-bond acceptors (Lipinski definition) is 1. The smallest absolute Gasteiger partial charge is 0.0578 e. The molecule has 20 heavy (non-hydrogen) atoms. The maximum Gasteiger partial charge on any atom is 0.0578 e. The monoisotopic (exact) mass is 267 g/mol. The van der Waals surface area contributed by atoms with Gasteiger partial charge >= 0.3 is 0 Å². The second-order valence-corrected chi connectivity index (χ2v) is 5.95. The van der Waals surface area contributed by atoms with E-state index in [4.69, 9.17) is 0 Å². The van der Waals surface area contributed by atoms with Crippen molar-refractivity contribution in [1.29, 1.82) is 0 Å². The SMILES string of the molecule is CC(C)CC(C)NC(c1ccccc1)c1ccccc1. The van der Waals surface area contributed by atoms with Crippen molar-refractivity contribution in [2.45, 2.75) is 39.3 Å². The summed E-state index contributed by atoms with van der Waals surface area (Å²) in [6, 6.07) is 22.2. The van der Waals surface area contributed by atoms with Crippen molar-refractivity contribution in [2.24, 2.45) is 5.92 Å². The summed E-state index contributed by atoms with van der Waals surface area (Å²) in [6.07, 6.45) is 1.19. The molecule has 0 aliphatic heterocycles. The van der Waals surface area contributed by atoms with Gasteiger partial charge in [-0.3, -0.25) is 0 Å². The molecule has 0 aliphatic rings. The van der Waals surface area contributed by atoms with Gasteiger partial charge in [0.05, 0.1) is 6.04 Å². The van der Waals surface area contributed by atoms with E-state index in [1.807, 2.05) is 0 Å². The number of rotatable bonds is 6. The van der Waals surface area contributed by atoms with E-state index in [2.05, 4.69) is 86.8 Å². The highest BCUT2D eigenvalue weighted by molar-refractivity contribution is 5.31. The summed E-state index contributed by atoms with van der Waals surface area (Å²) in [4.78, 5) is 0.